The van der Waals surface area contributed by atoms with Crippen molar-refractivity contribution in [3.63, 3.8) is 0 Å². The van der Waals surface area contributed by atoms with E-state index in [1.807, 2.05) is 31.2 Å². The molecule has 2 N–H and O–H groups in total. The Kier molecular flexibility index (Phi) is 4.89. The molecule has 23 heavy (non-hydrogen) atoms. The zero-order valence-corrected chi connectivity index (χ0v) is 13.0. The normalized spacial score (nSPS) is 15.5. The molecule has 122 valence electrons. The second-order valence-corrected chi connectivity index (χ2v) is 5.21. The number of aryl methyl sites for hydroxylation is 1. The van der Waals surface area contributed by atoms with E-state index in [4.69, 9.17) is 19.9 Å². The van der Waals surface area contributed by atoms with E-state index in [2.05, 4.69) is 10.1 Å². The highest BCUT2D eigenvalue weighted by Crippen LogP contribution is 2.14. The molecule has 2 aromatic rings. The second kappa shape index (κ2) is 7.26. The van der Waals surface area contributed by atoms with Crippen LogP contribution in [0.3, 0.4) is 0 Å². The van der Waals surface area contributed by atoms with Crippen molar-refractivity contribution < 1.29 is 14.2 Å². The number of nitrogen functional groups attached to an aromatic ring is 1. The van der Waals surface area contributed by atoms with Crippen molar-refractivity contribution in [3.05, 3.63) is 41.7 Å². The quantitative estimate of drug-likeness (QED) is 0.822. The average molecular weight is 316 g/mol. The monoisotopic (exact) mass is 316 g/mol. The number of aromatic nitrogens is 2. The molecule has 0 bridgehead atoms. The van der Waals surface area contributed by atoms with Gasteiger partial charge < -0.3 is 19.9 Å². The first-order chi connectivity index (χ1) is 11.2. The zero-order chi connectivity index (χ0) is 16.1. The molecule has 3 rings (SSSR count). The smallest absolute Gasteiger partial charge is 0.221 e. The number of benzene rings is 1. The van der Waals surface area contributed by atoms with E-state index in [1.165, 1.54) is 0 Å². The molecule has 0 saturated carbocycles. The number of ether oxygens (including phenoxy) is 3. The summed E-state index contributed by atoms with van der Waals surface area (Å²) in [5.74, 6) is 1.17. The molecule has 2 heterocycles. The second-order valence-electron chi connectivity index (χ2n) is 5.21. The lowest BCUT2D eigenvalue weighted by Crippen LogP contribution is -2.12. The summed E-state index contributed by atoms with van der Waals surface area (Å²) in [6.45, 7) is 3.76. The largest absolute Gasteiger partial charge is 0.493 e. The van der Waals surface area contributed by atoms with Crippen LogP contribution in [-0.4, -0.2) is 42.0 Å². The van der Waals surface area contributed by atoms with Crippen molar-refractivity contribution in [2.45, 2.75) is 19.6 Å². The van der Waals surface area contributed by atoms with Gasteiger partial charge in [-0.05, 0) is 36.8 Å². The van der Waals surface area contributed by atoms with Gasteiger partial charge in [0.25, 0.3) is 0 Å². The molecule has 0 aliphatic carbocycles. The molecule has 1 aliphatic heterocycles. The minimum atomic E-state index is -0.134. The van der Waals surface area contributed by atoms with E-state index >= 15 is 0 Å². The van der Waals surface area contributed by atoms with Gasteiger partial charge in [0.05, 0.1) is 37.9 Å². The maximum atomic E-state index is 5.73. The van der Waals surface area contributed by atoms with Crippen LogP contribution in [0.15, 0.2) is 35.6 Å². The number of nitrogens with zero attached hydrogens (tertiary/aromatic N) is 3. The van der Waals surface area contributed by atoms with Crippen LogP contribution >= 0.6 is 0 Å². The SMILES string of the molecule is Cc1cn(N=Cc2ccc(OCCC3OCCO3)cc2)c(N)n1. The van der Waals surface area contributed by atoms with E-state index < -0.39 is 0 Å². The van der Waals surface area contributed by atoms with Gasteiger partial charge in [0.15, 0.2) is 6.29 Å². The molecule has 0 spiro atoms. The first-order valence-electron chi connectivity index (χ1n) is 7.52. The molecule has 1 fully saturated rings. The van der Waals surface area contributed by atoms with Crippen LogP contribution in [-0.2, 0) is 9.47 Å². The molecule has 1 aliphatic rings. The number of nitrogens with two attached hydrogens (primary N) is 1. The summed E-state index contributed by atoms with van der Waals surface area (Å²) in [7, 11) is 0. The van der Waals surface area contributed by atoms with Gasteiger partial charge >= 0.3 is 0 Å². The highest BCUT2D eigenvalue weighted by Gasteiger charge is 2.15. The molecule has 0 amide bonds. The molecule has 0 unspecified atom stereocenters. The van der Waals surface area contributed by atoms with Gasteiger partial charge in [0.1, 0.15) is 5.75 Å². The standard InChI is InChI=1S/C16H20N4O3/c1-12-11-20(16(17)19-12)18-10-13-2-4-14(5-3-13)21-7-6-15-22-8-9-23-15/h2-5,10-11,15H,6-9H2,1H3,(H2,17,19). The molecule has 0 radical (unpaired) electrons. The summed E-state index contributed by atoms with van der Waals surface area (Å²) in [6, 6.07) is 7.67. The molecular formula is C16H20N4O3. The molecule has 7 nitrogen and oxygen atoms in total. The first-order valence-corrected chi connectivity index (χ1v) is 7.52. The topological polar surface area (TPSA) is 83.9 Å². The Labute approximate surface area is 134 Å². The highest BCUT2D eigenvalue weighted by atomic mass is 16.7. The molecular weight excluding hydrogens is 296 g/mol. The summed E-state index contributed by atoms with van der Waals surface area (Å²) in [4.78, 5) is 4.09. The highest BCUT2D eigenvalue weighted by molar-refractivity contribution is 5.79. The molecule has 1 saturated heterocycles. The number of rotatable bonds is 6. The fourth-order valence-electron chi connectivity index (χ4n) is 2.22. The van der Waals surface area contributed by atoms with Gasteiger partial charge in [0, 0.05) is 6.42 Å². The number of hydrogen-bond acceptors (Lipinski definition) is 6. The summed E-state index contributed by atoms with van der Waals surface area (Å²) in [5.41, 5.74) is 7.52. The third-order valence-corrected chi connectivity index (χ3v) is 3.36. The van der Waals surface area contributed by atoms with Crippen molar-refractivity contribution in [3.8, 4) is 5.75 Å². The summed E-state index contributed by atoms with van der Waals surface area (Å²) < 4.78 is 17.9. The van der Waals surface area contributed by atoms with Gasteiger partial charge in [-0.25, -0.2) is 9.66 Å². The summed E-state index contributed by atoms with van der Waals surface area (Å²) >= 11 is 0. The third kappa shape index (κ3) is 4.30. The van der Waals surface area contributed by atoms with Gasteiger partial charge in [-0.1, -0.05) is 0 Å². The molecule has 1 aromatic heterocycles. The molecule has 0 atom stereocenters. The summed E-state index contributed by atoms with van der Waals surface area (Å²) in [6.07, 6.45) is 4.09. The minimum Gasteiger partial charge on any atom is -0.493 e. The Morgan fingerprint density at radius 3 is 2.74 bits per heavy atom. The van der Waals surface area contributed by atoms with Crippen molar-refractivity contribution in [2.24, 2.45) is 5.10 Å². The predicted molar refractivity (Wildman–Crippen MR) is 86.6 cm³/mol. The van der Waals surface area contributed by atoms with Crippen LogP contribution < -0.4 is 10.5 Å². The van der Waals surface area contributed by atoms with Crippen LogP contribution in [0, 0.1) is 6.92 Å². The maximum Gasteiger partial charge on any atom is 0.221 e. The van der Waals surface area contributed by atoms with Gasteiger partial charge in [-0.15, -0.1) is 0 Å². The van der Waals surface area contributed by atoms with Crippen molar-refractivity contribution in [1.29, 1.82) is 0 Å². The third-order valence-electron chi connectivity index (χ3n) is 3.36. The maximum absolute atomic E-state index is 5.73. The lowest BCUT2D eigenvalue weighted by Gasteiger charge is -2.10. The fraction of sp³-hybridized carbons (Fsp3) is 0.375. The zero-order valence-electron chi connectivity index (χ0n) is 13.0. The van der Waals surface area contributed by atoms with E-state index in [0.717, 1.165) is 23.4 Å². The lowest BCUT2D eigenvalue weighted by atomic mass is 10.2. The van der Waals surface area contributed by atoms with Crippen LogP contribution in [0.4, 0.5) is 5.95 Å². The summed E-state index contributed by atoms with van der Waals surface area (Å²) in [5, 5.41) is 4.27. The van der Waals surface area contributed by atoms with E-state index in [-0.39, 0.29) is 6.29 Å². The van der Waals surface area contributed by atoms with Crippen LogP contribution in [0.5, 0.6) is 5.75 Å². The Hall–Kier alpha value is -2.38. The van der Waals surface area contributed by atoms with Crippen molar-refractivity contribution >= 4 is 12.2 Å². The van der Waals surface area contributed by atoms with E-state index in [1.54, 1.807) is 17.1 Å². The van der Waals surface area contributed by atoms with E-state index in [0.29, 0.717) is 25.8 Å². The van der Waals surface area contributed by atoms with Gasteiger partial charge in [0.2, 0.25) is 5.95 Å². The minimum absolute atomic E-state index is 0.134. The number of imidazole rings is 1. The molecule has 1 aromatic carbocycles. The number of anilines is 1. The van der Waals surface area contributed by atoms with Crippen LogP contribution in [0.25, 0.3) is 0 Å². The predicted octanol–water partition coefficient (Wildman–Crippen LogP) is 1.80. The Morgan fingerprint density at radius 1 is 1.35 bits per heavy atom. The van der Waals surface area contributed by atoms with Crippen molar-refractivity contribution in [1.82, 2.24) is 9.66 Å². The van der Waals surface area contributed by atoms with Gasteiger partial charge in [-0.3, -0.25) is 0 Å². The number of hydrogen-bond donors (Lipinski definition) is 1. The van der Waals surface area contributed by atoms with E-state index in [9.17, 15) is 0 Å². The Balaban J connectivity index is 1.51. The first kappa shape index (κ1) is 15.5. The lowest BCUT2D eigenvalue weighted by molar-refractivity contribution is -0.0531. The molecule has 7 heteroatoms. The average Bonchev–Trinajstić information content (AvgIpc) is 3.16. The van der Waals surface area contributed by atoms with Gasteiger partial charge in [-0.2, -0.15) is 5.10 Å². The van der Waals surface area contributed by atoms with Crippen LogP contribution in [0.2, 0.25) is 0 Å². The Morgan fingerprint density at radius 2 is 2.09 bits per heavy atom. The Bertz CT molecular complexity index is 660. The van der Waals surface area contributed by atoms with Crippen molar-refractivity contribution in [2.75, 3.05) is 25.6 Å². The fourth-order valence-corrected chi connectivity index (χ4v) is 2.22. The van der Waals surface area contributed by atoms with Crippen LogP contribution in [0.1, 0.15) is 17.7 Å².